The van der Waals surface area contributed by atoms with Gasteiger partial charge >= 0.3 is 0 Å². The highest BCUT2D eigenvalue weighted by Gasteiger charge is 2.60. The number of ether oxygens (including phenoxy) is 1. The van der Waals surface area contributed by atoms with Gasteiger partial charge in [-0.2, -0.15) is 0 Å². The first-order valence-electron chi connectivity index (χ1n) is 10.1. The Bertz CT molecular complexity index is 517. The minimum atomic E-state index is -0.0943. The van der Waals surface area contributed by atoms with E-state index in [0.29, 0.717) is 29.6 Å². The third-order valence-electron chi connectivity index (χ3n) is 8.97. The molecule has 0 radical (unpaired) electrons. The van der Waals surface area contributed by atoms with Gasteiger partial charge in [0.05, 0.1) is 12.7 Å². The lowest BCUT2D eigenvalue weighted by Crippen LogP contribution is -2.55. The molecule has 136 valence electrons. The maximum atomic E-state index is 12.5. The van der Waals surface area contributed by atoms with Crippen LogP contribution in [0.25, 0.3) is 0 Å². The molecular formula is C21H34O3. The Morgan fingerprint density at radius 1 is 1.08 bits per heavy atom. The average Bonchev–Trinajstić information content (AvgIpc) is 2.85. The summed E-state index contributed by atoms with van der Waals surface area (Å²) in [6.07, 6.45) is 8.82. The van der Waals surface area contributed by atoms with Gasteiger partial charge in [0.25, 0.3) is 0 Å². The number of Topliss-reactive ketones (excluding diaryl/α,β-unsaturated/α-hetero) is 1. The van der Waals surface area contributed by atoms with Crippen LogP contribution >= 0.6 is 0 Å². The summed E-state index contributed by atoms with van der Waals surface area (Å²) < 4.78 is 5.36. The minimum Gasteiger partial charge on any atom is -0.393 e. The molecule has 1 N–H and O–H groups in total. The molecule has 0 aromatic rings. The van der Waals surface area contributed by atoms with E-state index in [9.17, 15) is 9.90 Å². The zero-order valence-corrected chi connectivity index (χ0v) is 15.6. The van der Waals surface area contributed by atoms with Crippen molar-refractivity contribution >= 4 is 5.78 Å². The molecule has 0 aromatic heterocycles. The Morgan fingerprint density at radius 2 is 1.83 bits per heavy atom. The van der Waals surface area contributed by atoms with Crippen LogP contribution in [0.5, 0.6) is 0 Å². The van der Waals surface area contributed by atoms with E-state index in [0.717, 1.165) is 31.1 Å². The smallest absolute Gasteiger partial charge is 0.138 e. The van der Waals surface area contributed by atoms with E-state index in [1.807, 2.05) is 0 Å². The summed E-state index contributed by atoms with van der Waals surface area (Å²) in [6.45, 7) is 5.42. The highest BCUT2D eigenvalue weighted by atomic mass is 16.5. The summed E-state index contributed by atoms with van der Waals surface area (Å²) in [6, 6.07) is 0. The predicted octanol–water partition coefficient (Wildman–Crippen LogP) is 3.83. The maximum Gasteiger partial charge on any atom is 0.138 e. The predicted molar refractivity (Wildman–Crippen MR) is 93.5 cm³/mol. The van der Waals surface area contributed by atoms with E-state index in [-0.39, 0.29) is 17.4 Å². The Labute approximate surface area is 146 Å². The lowest BCUT2D eigenvalue weighted by atomic mass is 9.44. The van der Waals surface area contributed by atoms with E-state index < -0.39 is 0 Å². The van der Waals surface area contributed by atoms with Crippen molar-refractivity contribution < 1.29 is 14.6 Å². The fourth-order valence-corrected chi connectivity index (χ4v) is 7.57. The van der Waals surface area contributed by atoms with E-state index in [1.165, 1.54) is 32.1 Å². The van der Waals surface area contributed by atoms with E-state index >= 15 is 0 Å². The Morgan fingerprint density at radius 3 is 2.58 bits per heavy atom. The quantitative estimate of drug-likeness (QED) is 0.835. The van der Waals surface area contributed by atoms with Crippen molar-refractivity contribution in [1.29, 1.82) is 0 Å². The number of rotatable bonds is 2. The highest BCUT2D eigenvalue weighted by Crippen LogP contribution is 2.66. The molecule has 0 amide bonds. The maximum absolute atomic E-state index is 12.5. The Balaban J connectivity index is 1.61. The summed E-state index contributed by atoms with van der Waals surface area (Å²) in [4.78, 5) is 12.5. The molecule has 3 nitrogen and oxygen atoms in total. The Kier molecular flexibility index (Phi) is 4.12. The lowest BCUT2D eigenvalue weighted by molar-refractivity contribution is -0.152. The second-order valence-corrected chi connectivity index (χ2v) is 9.82. The largest absolute Gasteiger partial charge is 0.393 e. The number of methoxy groups -OCH3 is 1. The number of fused-ring (bicyclic) bond motifs is 5. The molecule has 0 bridgehead atoms. The van der Waals surface area contributed by atoms with Crippen molar-refractivity contribution in [2.45, 2.75) is 71.3 Å². The van der Waals surface area contributed by atoms with Gasteiger partial charge in [-0.15, -0.1) is 0 Å². The van der Waals surface area contributed by atoms with Crippen molar-refractivity contribution in [3.63, 3.8) is 0 Å². The molecule has 3 heteroatoms. The Hall–Kier alpha value is -0.410. The van der Waals surface area contributed by atoms with Crippen LogP contribution in [0.2, 0.25) is 0 Å². The number of carbonyl (C=O) groups is 1. The van der Waals surface area contributed by atoms with Gasteiger partial charge in [0.15, 0.2) is 0 Å². The molecule has 0 heterocycles. The molecule has 4 fully saturated rings. The summed E-state index contributed by atoms with van der Waals surface area (Å²) in [5.41, 5.74) is 0.454. The van der Waals surface area contributed by atoms with Crippen molar-refractivity contribution in [1.82, 2.24) is 0 Å². The van der Waals surface area contributed by atoms with Gasteiger partial charge in [0.2, 0.25) is 0 Å². The number of hydrogen-bond donors (Lipinski definition) is 1. The minimum absolute atomic E-state index is 0.0943. The summed E-state index contributed by atoms with van der Waals surface area (Å²) in [7, 11) is 1.72. The molecule has 24 heavy (non-hydrogen) atoms. The van der Waals surface area contributed by atoms with Gasteiger partial charge in [-0.3, -0.25) is 4.79 Å². The van der Waals surface area contributed by atoms with Gasteiger partial charge in [0.1, 0.15) is 5.78 Å². The van der Waals surface area contributed by atoms with Crippen LogP contribution in [0.15, 0.2) is 0 Å². The summed E-state index contributed by atoms with van der Waals surface area (Å²) >= 11 is 0. The molecule has 4 aliphatic carbocycles. The van der Waals surface area contributed by atoms with Crippen LogP contribution in [-0.2, 0) is 9.53 Å². The van der Waals surface area contributed by atoms with Crippen molar-refractivity contribution in [2.24, 2.45) is 40.4 Å². The summed E-state index contributed by atoms with van der Waals surface area (Å²) in [5.74, 6) is 3.33. The van der Waals surface area contributed by atoms with E-state index in [4.69, 9.17) is 4.74 Å². The first kappa shape index (κ1) is 17.0. The fraction of sp³-hybridized carbons (Fsp3) is 0.952. The van der Waals surface area contributed by atoms with Crippen LogP contribution in [0.4, 0.5) is 0 Å². The van der Waals surface area contributed by atoms with Crippen LogP contribution < -0.4 is 0 Å². The monoisotopic (exact) mass is 334 g/mol. The number of ketones is 1. The van der Waals surface area contributed by atoms with Gasteiger partial charge in [-0.25, -0.2) is 0 Å². The molecule has 4 rings (SSSR count). The second-order valence-electron chi connectivity index (χ2n) is 9.82. The van der Waals surface area contributed by atoms with Crippen LogP contribution in [0.3, 0.4) is 0 Å². The highest BCUT2D eigenvalue weighted by molar-refractivity contribution is 5.82. The lowest BCUT2D eigenvalue weighted by Gasteiger charge is -2.60. The second kappa shape index (κ2) is 5.81. The molecule has 4 aliphatic rings. The first-order chi connectivity index (χ1) is 11.4. The molecule has 4 saturated carbocycles. The van der Waals surface area contributed by atoms with Gasteiger partial charge < -0.3 is 9.84 Å². The van der Waals surface area contributed by atoms with Crippen LogP contribution in [0.1, 0.15) is 65.2 Å². The van der Waals surface area contributed by atoms with Crippen LogP contribution in [0, 0.1) is 40.4 Å². The zero-order valence-electron chi connectivity index (χ0n) is 15.6. The van der Waals surface area contributed by atoms with E-state index in [2.05, 4.69) is 13.8 Å². The molecule has 8 atom stereocenters. The molecule has 0 aliphatic heterocycles. The van der Waals surface area contributed by atoms with Crippen molar-refractivity contribution in [3.05, 3.63) is 0 Å². The van der Waals surface area contributed by atoms with Crippen molar-refractivity contribution in [2.75, 3.05) is 13.7 Å². The first-order valence-corrected chi connectivity index (χ1v) is 10.1. The molecule has 0 aromatic carbocycles. The standard InChI is InChI=1S/C21H34O3/c1-20-9-8-17-15(16(20)6-7-19(20)23)5-4-14-10-18(22)13(12-24-3)11-21(14,17)2/h13-17,19,23H,4-12H2,1-3H3/t13-,14+,15+,16+,17+,19-,20+,21+/m1/s1. The third-order valence-corrected chi connectivity index (χ3v) is 8.97. The van der Waals surface area contributed by atoms with Gasteiger partial charge in [0, 0.05) is 19.4 Å². The molecule has 0 spiro atoms. The topological polar surface area (TPSA) is 46.5 Å². The normalized spacial score (nSPS) is 54.1. The van der Waals surface area contributed by atoms with Crippen LogP contribution in [-0.4, -0.2) is 30.7 Å². The molecule has 0 saturated heterocycles. The fourth-order valence-electron chi connectivity index (χ4n) is 7.57. The number of aliphatic hydroxyl groups excluding tert-OH is 1. The van der Waals surface area contributed by atoms with Gasteiger partial charge in [-0.1, -0.05) is 13.8 Å². The SMILES string of the molecule is COC[C@H]1C[C@@]2(C)[C@@H](CC[C@@H]3[C@@H]2CC[C@]2(C)[C@H](O)CC[C@@H]32)CC1=O. The molecular weight excluding hydrogens is 300 g/mol. The van der Waals surface area contributed by atoms with E-state index in [1.54, 1.807) is 7.11 Å². The number of hydrogen-bond acceptors (Lipinski definition) is 3. The van der Waals surface area contributed by atoms with Gasteiger partial charge in [-0.05, 0) is 79.4 Å². The zero-order chi connectivity index (χ0) is 17.1. The average molecular weight is 335 g/mol. The number of carbonyl (C=O) groups excluding carboxylic acids is 1. The molecule has 0 unspecified atom stereocenters. The van der Waals surface area contributed by atoms with Crippen molar-refractivity contribution in [3.8, 4) is 0 Å². The third kappa shape index (κ3) is 2.26. The number of aliphatic hydroxyl groups is 1. The summed E-state index contributed by atoms with van der Waals surface area (Å²) in [5, 5.41) is 10.6.